The number of esters is 1. The second-order valence-corrected chi connectivity index (χ2v) is 5.34. The first kappa shape index (κ1) is 18.4. The van der Waals surface area contributed by atoms with E-state index >= 15 is 0 Å². The van der Waals surface area contributed by atoms with Crippen molar-refractivity contribution in [3.05, 3.63) is 0 Å². The van der Waals surface area contributed by atoms with Crippen molar-refractivity contribution in [2.75, 3.05) is 19.7 Å². The summed E-state index contributed by atoms with van der Waals surface area (Å²) in [5, 5.41) is 7.69. The predicted molar refractivity (Wildman–Crippen MR) is 75.2 cm³/mol. The molecule has 0 heterocycles. The molecule has 7 heteroatoms. The van der Waals surface area contributed by atoms with Crippen LogP contribution in [0.5, 0.6) is 0 Å². The number of amides is 3. The van der Waals surface area contributed by atoms with Crippen molar-refractivity contribution in [1.29, 1.82) is 0 Å². The molecule has 0 spiro atoms. The van der Waals surface area contributed by atoms with E-state index in [-0.39, 0.29) is 12.5 Å². The van der Waals surface area contributed by atoms with Crippen molar-refractivity contribution in [2.45, 2.75) is 46.1 Å². The summed E-state index contributed by atoms with van der Waals surface area (Å²) in [5.41, 5.74) is -0.391. The average molecular weight is 287 g/mol. The molecule has 0 radical (unpaired) electrons. The zero-order valence-corrected chi connectivity index (χ0v) is 12.7. The lowest BCUT2D eigenvalue weighted by atomic mass is 10.1. The Morgan fingerprint density at radius 1 is 1.15 bits per heavy atom. The van der Waals surface area contributed by atoms with Crippen molar-refractivity contribution in [3.8, 4) is 0 Å². The molecular formula is C13H25N3O4. The van der Waals surface area contributed by atoms with E-state index in [1.54, 1.807) is 6.92 Å². The van der Waals surface area contributed by atoms with Gasteiger partial charge in [0.1, 0.15) is 0 Å². The first-order chi connectivity index (χ1) is 9.24. The number of ether oxygens (including phenoxy) is 1. The fraction of sp³-hybridized carbons (Fsp3) is 0.769. The molecule has 0 bridgehead atoms. The Hall–Kier alpha value is -1.63. The lowest BCUT2D eigenvalue weighted by molar-refractivity contribution is -0.143. The molecular weight excluding hydrogens is 262 g/mol. The molecule has 0 aliphatic carbocycles. The summed E-state index contributed by atoms with van der Waals surface area (Å²) in [6, 6.07) is -0.518. The maximum atomic E-state index is 11.4. The van der Waals surface area contributed by atoms with Gasteiger partial charge < -0.3 is 15.4 Å². The number of rotatable bonds is 7. The van der Waals surface area contributed by atoms with Crippen molar-refractivity contribution in [3.63, 3.8) is 0 Å². The SMILES string of the molecule is CCOC(=O)CCCNCC(=O)NC(=O)NC(C)(C)C. The summed E-state index contributed by atoms with van der Waals surface area (Å²) in [6.45, 7) is 8.13. The van der Waals surface area contributed by atoms with E-state index in [4.69, 9.17) is 4.74 Å². The van der Waals surface area contributed by atoms with Gasteiger partial charge in [0.25, 0.3) is 0 Å². The standard InChI is InChI=1S/C13H25N3O4/c1-5-20-11(18)7-6-8-14-9-10(17)15-12(19)16-13(2,3)4/h14H,5-9H2,1-4H3,(H2,15,16,17,19). The first-order valence-corrected chi connectivity index (χ1v) is 6.73. The molecule has 20 heavy (non-hydrogen) atoms. The quantitative estimate of drug-likeness (QED) is 0.469. The van der Waals surface area contributed by atoms with E-state index in [1.807, 2.05) is 20.8 Å². The summed E-state index contributed by atoms with van der Waals surface area (Å²) < 4.78 is 4.77. The lowest BCUT2D eigenvalue weighted by Crippen LogP contribution is -2.50. The number of imide groups is 1. The molecule has 7 nitrogen and oxygen atoms in total. The first-order valence-electron chi connectivity index (χ1n) is 6.73. The predicted octanol–water partition coefficient (Wildman–Crippen LogP) is 0.544. The van der Waals surface area contributed by atoms with Crippen LogP contribution in [0.1, 0.15) is 40.5 Å². The highest BCUT2D eigenvalue weighted by molar-refractivity contribution is 5.95. The molecule has 0 rings (SSSR count). The van der Waals surface area contributed by atoms with Crippen LogP contribution in [0.3, 0.4) is 0 Å². The monoisotopic (exact) mass is 287 g/mol. The van der Waals surface area contributed by atoms with Gasteiger partial charge in [-0.25, -0.2) is 4.79 Å². The van der Waals surface area contributed by atoms with Gasteiger partial charge in [-0.1, -0.05) is 0 Å². The molecule has 3 N–H and O–H groups in total. The molecule has 0 aliphatic rings. The van der Waals surface area contributed by atoms with Crippen molar-refractivity contribution < 1.29 is 19.1 Å². The molecule has 0 aromatic rings. The third-order valence-corrected chi connectivity index (χ3v) is 2.07. The topological polar surface area (TPSA) is 96.5 Å². The Labute approximate surface area is 119 Å². The number of carbonyl (C=O) groups is 3. The Kier molecular flexibility index (Phi) is 8.54. The van der Waals surface area contributed by atoms with Crippen LogP contribution in [0.15, 0.2) is 0 Å². The minimum absolute atomic E-state index is 0.0282. The summed E-state index contributed by atoms with van der Waals surface area (Å²) >= 11 is 0. The molecule has 0 aromatic heterocycles. The molecule has 116 valence electrons. The second kappa shape index (κ2) is 9.30. The van der Waals surface area contributed by atoms with Gasteiger partial charge in [-0.05, 0) is 40.7 Å². The van der Waals surface area contributed by atoms with Crippen LogP contribution >= 0.6 is 0 Å². The third kappa shape index (κ3) is 11.5. The van der Waals surface area contributed by atoms with Crippen LogP contribution < -0.4 is 16.0 Å². The van der Waals surface area contributed by atoms with Gasteiger partial charge in [0.2, 0.25) is 5.91 Å². The van der Waals surface area contributed by atoms with Crippen molar-refractivity contribution >= 4 is 17.9 Å². The average Bonchev–Trinajstić information content (AvgIpc) is 2.25. The van der Waals surface area contributed by atoms with Crippen LogP contribution in [0.4, 0.5) is 4.79 Å². The third-order valence-electron chi connectivity index (χ3n) is 2.07. The van der Waals surface area contributed by atoms with Crippen molar-refractivity contribution in [2.24, 2.45) is 0 Å². The minimum atomic E-state index is -0.518. The fourth-order valence-electron chi connectivity index (χ4n) is 1.34. The van der Waals surface area contributed by atoms with Crippen LogP contribution in [0.2, 0.25) is 0 Å². The van der Waals surface area contributed by atoms with Gasteiger partial charge in [0, 0.05) is 12.0 Å². The molecule has 3 amide bonds. The number of carbonyl (C=O) groups excluding carboxylic acids is 3. The van der Waals surface area contributed by atoms with Crippen molar-refractivity contribution in [1.82, 2.24) is 16.0 Å². The highest BCUT2D eigenvalue weighted by atomic mass is 16.5. The molecule has 0 saturated carbocycles. The zero-order chi connectivity index (χ0) is 15.6. The van der Waals surface area contributed by atoms with Crippen LogP contribution in [-0.4, -0.2) is 43.1 Å². The van der Waals surface area contributed by atoms with E-state index in [0.717, 1.165) is 0 Å². The molecule has 0 atom stereocenters. The number of hydrogen-bond acceptors (Lipinski definition) is 5. The summed E-state index contributed by atoms with van der Waals surface area (Å²) in [4.78, 5) is 33.8. The van der Waals surface area contributed by atoms with E-state index in [2.05, 4.69) is 16.0 Å². The summed E-state index contributed by atoms with van der Waals surface area (Å²) in [6.07, 6.45) is 0.896. The second-order valence-electron chi connectivity index (χ2n) is 5.34. The van der Waals surface area contributed by atoms with Gasteiger partial charge in [-0.3, -0.25) is 14.9 Å². The van der Waals surface area contributed by atoms with E-state index < -0.39 is 17.5 Å². The Morgan fingerprint density at radius 2 is 1.80 bits per heavy atom. The lowest BCUT2D eigenvalue weighted by Gasteiger charge is -2.20. The minimum Gasteiger partial charge on any atom is -0.466 e. The van der Waals surface area contributed by atoms with Gasteiger partial charge in [-0.15, -0.1) is 0 Å². The largest absolute Gasteiger partial charge is 0.466 e. The zero-order valence-electron chi connectivity index (χ0n) is 12.7. The summed E-state index contributed by atoms with van der Waals surface area (Å²) in [5.74, 6) is -0.661. The van der Waals surface area contributed by atoms with Gasteiger partial charge in [0.05, 0.1) is 13.2 Å². The molecule has 0 aromatic carbocycles. The Balaban J connectivity index is 3.64. The highest BCUT2D eigenvalue weighted by Gasteiger charge is 2.15. The fourth-order valence-corrected chi connectivity index (χ4v) is 1.34. The number of hydrogen-bond donors (Lipinski definition) is 3. The number of urea groups is 1. The van der Waals surface area contributed by atoms with E-state index in [1.165, 1.54) is 0 Å². The number of nitrogens with one attached hydrogen (secondary N) is 3. The molecule has 0 saturated heterocycles. The molecule has 0 unspecified atom stereocenters. The van der Waals surface area contributed by atoms with Crippen LogP contribution in [0, 0.1) is 0 Å². The van der Waals surface area contributed by atoms with E-state index in [9.17, 15) is 14.4 Å². The van der Waals surface area contributed by atoms with Gasteiger partial charge >= 0.3 is 12.0 Å². The van der Waals surface area contributed by atoms with Crippen LogP contribution in [-0.2, 0) is 14.3 Å². The Bertz CT molecular complexity index is 337. The smallest absolute Gasteiger partial charge is 0.321 e. The molecule has 0 fully saturated rings. The Morgan fingerprint density at radius 3 is 2.35 bits per heavy atom. The van der Waals surface area contributed by atoms with E-state index in [0.29, 0.717) is 26.0 Å². The van der Waals surface area contributed by atoms with Gasteiger partial charge in [-0.2, -0.15) is 0 Å². The van der Waals surface area contributed by atoms with Gasteiger partial charge in [0.15, 0.2) is 0 Å². The maximum absolute atomic E-state index is 11.4. The van der Waals surface area contributed by atoms with Crippen LogP contribution in [0.25, 0.3) is 0 Å². The highest BCUT2D eigenvalue weighted by Crippen LogP contribution is 1.97. The molecule has 0 aliphatic heterocycles. The normalized spacial score (nSPS) is 10.8. The maximum Gasteiger partial charge on any atom is 0.321 e. The summed E-state index contributed by atoms with van der Waals surface area (Å²) in [7, 11) is 0.